The van der Waals surface area contributed by atoms with E-state index in [1.807, 2.05) is 0 Å². The fourth-order valence-corrected chi connectivity index (χ4v) is 6.31. The zero-order chi connectivity index (χ0) is 42.2. The minimum Gasteiger partial charge on any atom is -0.335 e. The van der Waals surface area contributed by atoms with E-state index < -0.39 is 144 Å². The summed E-state index contributed by atoms with van der Waals surface area (Å²) < 4.78 is 294. The zero-order valence-electron chi connectivity index (χ0n) is 27.9. The maximum atomic E-state index is 15.4. The highest BCUT2D eigenvalue weighted by Gasteiger charge is 2.52. The molecule has 4 rings (SSSR count). The van der Waals surface area contributed by atoms with E-state index in [9.17, 15) is 52.7 Å². The van der Waals surface area contributed by atoms with Crippen LogP contribution >= 0.6 is 0 Å². The summed E-state index contributed by atoms with van der Waals surface area (Å²) in [5.74, 6) is -71.4. The minimum atomic E-state index is -7.22. The zero-order valence-corrected chi connectivity index (χ0v) is 27.9. The standard InChI is InChI=1S/C24BF20.C9H21N/c26-5-1(6(27)14(35)21(42)13(5)34)25(2-7(28)15(36)22(43)16(37)8(2)29,3-9(30)17(38)23(44)18(39)10(3)31)4-11(32)19(40)24(45)20(41)12(4)33;1-4-7-10(8-5-2)9-6-3/h;4-9H2,1-3H3/q-1;/p+1. The van der Waals surface area contributed by atoms with E-state index in [1.54, 1.807) is 4.90 Å². The molecule has 302 valence electrons. The van der Waals surface area contributed by atoms with Crippen molar-refractivity contribution in [2.45, 2.75) is 40.0 Å². The van der Waals surface area contributed by atoms with E-state index in [0.29, 0.717) is 0 Å². The molecule has 0 aliphatic rings. The molecule has 4 aromatic rings. The molecule has 0 bridgehead atoms. The van der Waals surface area contributed by atoms with Crippen LogP contribution in [0.5, 0.6) is 0 Å². The van der Waals surface area contributed by atoms with E-state index >= 15 is 35.1 Å². The van der Waals surface area contributed by atoms with Gasteiger partial charge in [-0.05, 0) is 19.3 Å². The molecule has 0 heterocycles. The molecule has 4 aromatic carbocycles. The van der Waals surface area contributed by atoms with E-state index in [-0.39, 0.29) is 0 Å². The van der Waals surface area contributed by atoms with Crippen LogP contribution in [0.1, 0.15) is 40.0 Å². The van der Waals surface area contributed by atoms with Gasteiger partial charge in [-0.1, -0.05) is 20.8 Å². The monoisotopic (exact) mass is 823 g/mol. The molecular weight excluding hydrogens is 801 g/mol. The van der Waals surface area contributed by atoms with Gasteiger partial charge >= 0.3 is 0 Å². The number of hydrogen-bond acceptors (Lipinski definition) is 0. The van der Waals surface area contributed by atoms with Gasteiger partial charge in [-0.3, -0.25) is 0 Å². The Morgan fingerprint density at radius 3 is 0.509 bits per heavy atom. The average Bonchev–Trinajstić information content (AvgIpc) is 3.15. The Kier molecular flexibility index (Phi) is 14.0. The van der Waals surface area contributed by atoms with Crippen LogP contribution in [-0.4, -0.2) is 25.8 Å². The van der Waals surface area contributed by atoms with Gasteiger partial charge in [-0.2, -0.15) is 0 Å². The molecule has 0 fully saturated rings. The fourth-order valence-electron chi connectivity index (χ4n) is 6.31. The molecule has 0 unspecified atom stereocenters. The first-order chi connectivity index (χ1) is 25.5. The van der Waals surface area contributed by atoms with Crippen LogP contribution in [0.15, 0.2) is 0 Å². The summed E-state index contributed by atoms with van der Waals surface area (Å²) in [7, 11) is 0. The molecule has 1 N–H and O–H groups in total. The van der Waals surface area contributed by atoms with Gasteiger partial charge in [-0.25, -0.2) is 87.8 Å². The summed E-state index contributed by atoms with van der Waals surface area (Å²) in [6.45, 7) is 10.9. The Hall–Kier alpha value is -4.50. The molecule has 55 heavy (non-hydrogen) atoms. The van der Waals surface area contributed by atoms with Crippen molar-refractivity contribution in [1.29, 1.82) is 0 Å². The second kappa shape index (κ2) is 17.1. The lowest BCUT2D eigenvalue weighted by molar-refractivity contribution is -0.900. The van der Waals surface area contributed by atoms with Crippen molar-refractivity contribution in [2.24, 2.45) is 0 Å². The Bertz CT molecular complexity index is 1720. The molecular formula is C33H22BF20N. The van der Waals surface area contributed by atoms with Crippen LogP contribution in [-0.2, 0) is 0 Å². The Morgan fingerprint density at radius 1 is 0.255 bits per heavy atom. The predicted octanol–water partition coefficient (Wildman–Crippen LogP) is 6.95. The highest BCUT2D eigenvalue weighted by molar-refractivity contribution is 7.20. The highest BCUT2D eigenvalue weighted by atomic mass is 19.2. The molecule has 0 atom stereocenters. The SMILES string of the molecule is CCC[NH+](CCC)CCC.Fc1c(F)c(F)c([B-](c2c(F)c(F)c(F)c(F)c2F)(c2c(F)c(F)c(F)c(F)c2F)c2c(F)c(F)c(F)c(F)c2F)c(F)c1F. The molecule has 0 spiro atoms. The number of hydrogen-bond donors (Lipinski definition) is 1. The predicted molar refractivity (Wildman–Crippen MR) is 156 cm³/mol. The average molecular weight is 823 g/mol. The van der Waals surface area contributed by atoms with Crippen LogP contribution < -0.4 is 26.8 Å². The molecule has 0 saturated heterocycles. The van der Waals surface area contributed by atoms with Crippen molar-refractivity contribution in [3.8, 4) is 0 Å². The summed E-state index contributed by atoms with van der Waals surface area (Å²) in [6.07, 6.45) is -3.23. The largest absolute Gasteiger partial charge is 0.335 e. The molecule has 22 heteroatoms. The summed E-state index contributed by atoms with van der Waals surface area (Å²) in [5.41, 5.74) is -14.3. The summed E-state index contributed by atoms with van der Waals surface area (Å²) in [6, 6.07) is 0. The third-order valence-electron chi connectivity index (χ3n) is 8.52. The Morgan fingerprint density at radius 2 is 0.382 bits per heavy atom. The maximum absolute atomic E-state index is 15.4. The molecule has 1 nitrogen and oxygen atoms in total. The Balaban J connectivity index is 0.000000712. The van der Waals surface area contributed by atoms with Gasteiger partial charge in [0.2, 0.25) is 0 Å². The van der Waals surface area contributed by atoms with Crippen molar-refractivity contribution < 1.29 is 92.7 Å². The molecule has 0 radical (unpaired) electrons. The first-order valence-corrected chi connectivity index (χ1v) is 15.6. The van der Waals surface area contributed by atoms with Gasteiger partial charge < -0.3 is 4.90 Å². The number of benzene rings is 4. The molecule has 0 amide bonds. The van der Waals surface area contributed by atoms with Crippen molar-refractivity contribution in [2.75, 3.05) is 19.6 Å². The summed E-state index contributed by atoms with van der Waals surface area (Å²) >= 11 is 0. The first kappa shape index (κ1) is 44.9. The van der Waals surface area contributed by atoms with Gasteiger partial charge in [0.05, 0.1) is 19.6 Å². The lowest BCUT2D eigenvalue weighted by Crippen LogP contribution is -3.11. The fraction of sp³-hybridized carbons (Fsp3) is 0.273. The number of halogens is 20. The highest BCUT2D eigenvalue weighted by Crippen LogP contribution is 2.30. The van der Waals surface area contributed by atoms with Crippen LogP contribution in [0.2, 0.25) is 0 Å². The van der Waals surface area contributed by atoms with Gasteiger partial charge in [-0.15, -0.1) is 21.9 Å². The van der Waals surface area contributed by atoms with Crippen molar-refractivity contribution in [3.05, 3.63) is 116 Å². The second-order valence-corrected chi connectivity index (χ2v) is 11.8. The van der Waals surface area contributed by atoms with Crippen LogP contribution in [0, 0.1) is 116 Å². The van der Waals surface area contributed by atoms with E-state index in [0.717, 1.165) is 0 Å². The lowest BCUT2D eigenvalue weighted by atomic mass is 9.12. The smallest absolute Gasteiger partial charge is 0.200 e. The van der Waals surface area contributed by atoms with Crippen molar-refractivity contribution >= 4 is 28.0 Å². The molecule has 0 aliphatic carbocycles. The maximum Gasteiger partial charge on any atom is 0.200 e. The Labute approximate surface area is 297 Å². The van der Waals surface area contributed by atoms with Crippen LogP contribution in [0.4, 0.5) is 87.8 Å². The first-order valence-electron chi connectivity index (χ1n) is 15.6. The second-order valence-electron chi connectivity index (χ2n) is 11.8. The van der Waals surface area contributed by atoms with Crippen molar-refractivity contribution in [3.63, 3.8) is 0 Å². The van der Waals surface area contributed by atoms with E-state index in [1.165, 1.54) is 38.9 Å². The molecule has 0 aliphatic heterocycles. The quantitative estimate of drug-likeness (QED) is 0.0766. The van der Waals surface area contributed by atoms with E-state index in [4.69, 9.17) is 0 Å². The number of nitrogens with one attached hydrogen (secondary N) is 1. The van der Waals surface area contributed by atoms with Gasteiger partial charge in [0.1, 0.15) is 52.7 Å². The van der Waals surface area contributed by atoms with Crippen molar-refractivity contribution in [1.82, 2.24) is 0 Å². The van der Waals surface area contributed by atoms with Gasteiger partial charge in [0.15, 0.2) is 69.8 Å². The van der Waals surface area contributed by atoms with Gasteiger partial charge in [0.25, 0.3) is 0 Å². The van der Waals surface area contributed by atoms with Gasteiger partial charge in [0, 0.05) is 0 Å². The molecule has 0 aromatic heterocycles. The number of quaternary nitrogens is 1. The van der Waals surface area contributed by atoms with Crippen LogP contribution in [0.25, 0.3) is 0 Å². The third kappa shape index (κ3) is 7.21. The number of rotatable bonds is 10. The lowest BCUT2D eigenvalue weighted by Gasteiger charge is -2.44. The topological polar surface area (TPSA) is 4.44 Å². The van der Waals surface area contributed by atoms with Crippen LogP contribution in [0.3, 0.4) is 0 Å². The third-order valence-corrected chi connectivity index (χ3v) is 8.52. The normalized spacial score (nSPS) is 11.8. The minimum absolute atomic E-state index is 1.33. The molecule has 0 saturated carbocycles. The van der Waals surface area contributed by atoms with E-state index in [2.05, 4.69) is 20.8 Å². The summed E-state index contributed by atoms with van der Waals surface area (Å²) in [4.78, 5) is 1.78. The summed E-state index contributed by atoms with van der Waals surface area (Å²) in [5, 5.41) is 0.